The summed E-state index contributed by atoms with van der Waals surface area (Å²) in [7, 11) is 1.25. The second kappa shape index (κ2) is 4.30. The molecule has 0 atom stereocenters. The number of hydrogen-bond acceptors (Lipinski definition) is 3. The van der Waals surface area contributed by atoms with Crippen LogP contribution < -0.4 is 0 Å². The Morgan fingerprint density at radius 3 is 2.82 bits per heavy atom. The molecule has 0 aliphatic heterocycles. The largest absolute Gasteiger partial charge is 0.465 e. The third-order valence-corrected chi connectivity index (χ3v) is 2.91. The number of methoxy groups -OCH3 is 1. The predicted molar refractivity (Wildman–Crippen MR) is 62.8 cm³/mol. The van der Waals surface area contributed by atoms with E-state index in [4.69, 9.17) is 11.6 Å². The van der Waals surface area contributed by atoms with Crippen LogP contribution in [0.4, 0.5) is 4.39 Å². The van der Waals surface area contributed by atoms with Gasteiger partial charge >= 0.3 is 5.97 Å². The van der Waals surface area contributed by atoms with E-state index >= 15 is 0 Å². The summed E-state index contributed by atoms with van der Waals surface area (Å²) in [5, 5.41) is 0.605. The van der Waals surface area contributed by atoms with E-state index in [1.807, 2.05) is 0 Å². The van der Waals surface area contributed by atoms with Gasteiger partial charge in [0.05, 0.1) is 17.7 Å². The SMILES string of the molecule is COC(=O)c1cnc2c(F)ccc(C)c2c1Cl. The Hall–Kier alpha value is -1.68. The molecule has 0 N–H and O–H groups in total. The van der Waals surface area contributed by atoms with Gasteiger partial charge in [-0.1, -0.05) is 17.7 Å². The van der Waals surface area contributed by atoms with Gasteiger partial charge < -0.3 is 4.74 Å². The van der Waals surface area contributed by atoms with Crippen molar-refractivity contribution in [2.45, 2.75) is 6.92 Å². The van der Waals surface area contributed by atoms with Crippen LogP contribution in [0.2, 0.25) is 5.02 Å². The van der Waals surface area contributed by atoms with Crippen molar-refractivity contribution in [1.82, 2.24) is 4.98 Å². The van der Waals surface area contributed by atoms with Crippen LogP contribution in [0.1, 0.15) is 15.9 Å². The zero-order valence-electron chi connectivity index (χ0n) is 9.25. The van der Waals surface area contributed by atoms with Crippen LogP contribution in [-0.4, -0.2) is 18.1 Å². The Bertz CT molecular complexity index is 613. The van der Waals surface area contributed by atoms with E-state index in [0.29, 0.717) is 5.39 Å². The Kier molecular flexibility index (Phi) is 2.98. The van der Waals surface area contributed by atoms with Gasteiger partial charge in [-0.3, -0.25) is 4.98 Å². The van der Waals surface area contributed by atoms with Crippen molar-refractivity contribution >= 4 is 28.5 Å². The molecule has 2 aromatic rings. The zero-order valence-corrected chi connectivity index (χ0v) is 10.0. The number of ether oxygens (including phenoxy) is 1. The number of nitrogens with zero attached hydrogens (tertiary/aromatic N) is 1. The maximum absolute atomic E-state index is 13.5. The number of pyridine rings is 1. The predicted octanol–water partition coefficient (Wildman–Crippen LogP) is 3.12. The lowest BCUT2D eigenvalue weighted by Crippen LogP contribution is -2.04. The molecule has 2 rings (SSSR count). The van der Waals surface area contributed by atoms with Crippen LogP contribution in [-0.2, 0) is 4.74 Å². The molecule has 0 saturated heterocycles. The van der Waals surface area contributed by atoms with Crippen LogP contribution in [0, 0.1) is 12.7 Å². The average Bonchev–Trinajstić information content (AvgIpc) is 2.33. The highest BCUT2D eigenvalue weighted by Crippen LogP contribution is 2.30. The van der Waals surface area contributed by atoms with E-state index in [1.54, 1.807) is 13.0 Å². The van der Waals surface area contributed by atoms with Crippen LogP contribution in [0.15, 0.2) is 18.3 Å². The second-order valence-corrected chi connectivity index (χ2v) is 3.94. The lowest BCUT2D eigenvalue weighted by molar-refractivity contribution is 0.0600. The molecule has 88 valence electrons. The molecule has 17 heavy (non-hydrogen) atoms. The van der Waals surface area contributed by atoms with Crippen LogP contribution in [0.5, 0.6) is 0 Å². The monoisotopic (exact) mass is 253 g/mol. The second-order valence-electron chi connectivity index (χ2n) is 3.57. The van der Waals surface area contributed by atoms with Gasteiger partial charge in [-0.25, -0.2) is 9.18 Å². The maximum atomic E-state index is 13.5. The van der Waals surface area contributed by atoms with E-state index in [9.17, 15) is 9.18 Å². The quantitative estimate of drug-likeness (QED) is 0.733. The average molecular weight is 254 g/mol. The van der Waals surface area contributed by atoms with Crippen molar-refractivity contribution in [1.29, 1.82) is 0 Å². The Morgan fingerprint density at radius 1 is 1.47 bits per heavy atom. The van der Waals surface area contributed by atoms with Crippen molar-refractivity contribution in [3.05, 3.63) is 40.3 Å². The van der Waals surface area contributed by atoms with Gasteiger partial charge in [0, 0.05) is 11.6 Å². The van der Waals surface area contributed by atoms with E-state index in [-0.39, 0.29) is 16.1 Å². The number of carbonyl (C=O) groups is 1. The molecule has 0 aliphatic rings. The summed E-state index contributed by atoms with van der Waals surface area (Å²) in [6.07, 6.45) is 1.22. The highest BCUT2D eigenvalue weighted by molar-refractivity contribution is 6.38. The molecule has 0 aliphatic carbocycles. The van der Waals surface area contributed by atoms with Gasteiger partial charge in [0.2, 0.25) is 0 Å². The Balaban J connectivity index is 2.84. The molecule has 0 radical (unpaired) electrons. The van der Waals surface area contributed by atoms with Crippen LogP contribution >= 0.6 is 11.6 Å². The minimum atomic E-state index is -0.590. The number of halogens is 2. The molecular weight excluding hydrogens is 245 g/mol. The summed E-state index contributed by atoms with van der Waals surface area (Å²) in [5.41, 5.74) is 1.04. The summed E-state index contributed by atoms with van der Waals surface area (Å²) >= 11 is 6.08. The van der Waals surface area contributed by atoms with Crippen LogP contribution in [0.3, 0.4) is 0 Å². The molecule has 0 spiro atoms. The molecule has 0 amide bonds. The van der Waals surface area contributed by atoms with E-state index in [2.05, 4.69) is 9.72 Å². The van der Waals surface area contributed by atoms with Crippen molar-refractivity contribution < 1.29 is 13.9 Å². The third kappa shape index (κ3) is 1.85. The first-order chi connectivity index (χ1) is 8.06. The standard InChI is InChI=1S/C12H9ClFNO2/c1-6-3-4-8(14)11-9(6)10(13)7(5-15-11)12(16)17-2/h3-5H,1-2H3. The van der Waals surface area contributed by atoms with Gasteiger partial charge in [0.15, 0.2) is 0 Å². The summed E-state index contributed by atoms with van der Waals surface area (Å²) in [6.45, 7) is 1.77. The van der Waals surface area contributed by atoms with Gasteiger partial charge in [-0.15, -0.1) is 0 Å². The fraction of sp³-hybridized carbons (Fsp3) is 0.167. The smallest absolute Gasteiger partial charge is 0.340 e. The number of benzene rings is 1. The fourth-order valence-electron chi connectivity index (χ4n) is 1.64. The number of fused-ring (bicyclic) bond motifs is 1. The minimum absolute atomic E-state index is 0.135. The Morgan fingerprint density at radius 2 is 2.18 bits per heavy atom. The van der Waals surface area contributed by atoms with Gasteiger partial charge in [0.1, 0.15) is 11.3 Å². The highest BCUT2D eigenvalue weighted by Gasteiger charge is 2.17. The highest BCUT2D eigenvalue weighted by atomic mass is 35.5. The first-order valence-electron chi connectivity index (χ1n) is 4.88. The van der Waals surface area contributed by atoms with Gasteiger partial charge in [-0.2, -0.15) is 0 Å². The molecule has 1 heterocycles. The Labute approximate surface area is 102 Å². The molecule has 0 bridgehead atoms. The molecule has 1 aromatic heterocycles. The van der Waals surface area contributed by atoms with E-state index in [1.165, 1.54) is 19.4 Å². The molecule has 0 saturated carbocycles. The van der Waals surface area contributed by atoms with Crippen molar-refractivity contribution in [3.8, 4) is 0 Å². The van der Waals surface area contributed by atoms with E-state index < -0.39 is 11.8 Å². The number of aryl methyl sites for hydroxylation is 1. The molecule has 0 fully saturated rings. The topological polar surface area (TPSA) is 39.2 Å². The van der Waals surface area contributed by atoms with Crippen molar-refractivity contribution in [2.75, 3.05) is 7.11 Å². The summed E-state index contributed by atoms with van der Waals surface area (Å²) in [6, 6.07) is 2.91. The van der Waals surface area contributed by atoms with Gasteiger partial charge in [0.25, 0.3) is 0 Å². The first-order valence-corrected chi connectivity index (χ1v) is 5.25. The van der Waals surface area contributed by atoms with Gasteiger partial charge in [-0.05, 0) is 18.6 Å². The number of esters is 1. The third-order valence-electron chi connectivity index (χ3n) is 2.52. The number of hydrogen-bond donors (Lipinski definition) is 0. The first kappa shape index (κ1) is 11.8. The summed E-state index contributed by atoms with van der Waals surface area (Å²) < 4.78 is 18.1. The summed E-state index contributed by atoms with van der Waals surface area (Å²) in [4.78, 5) is 15.3. The minimum Gasteiger partial charge on any atom is -0.465 e. The number of aromatic nitrogens is 1. The lowest BCUT2D eigenvalue weighted by Gasteiger charge is -2.08. The zero-order chi connectivity index (χ0) is 12.6. The van der Waals surface area contributed by atoms with Crippen molar-refractivity contribution in [3.63, 3.8) is 0 Å². The molecule has 1 aromatic carbocycles. The lowest BCUT2D eigenvalue weighted by atomic mass is 10.1. The fourth-order valence-corrected chi connectivity index (χ4v) is 2.01. The van der Waals surface area contributed by atoms with Crippen molar-refractivity contribution in [2.24, 2.45) is 0 Å². The maximum Gasteiger partial charge on any atom is 0.340 e. The molecule has 0 unspecified atom stereocenters. The molecular formula is C12H9ClFNO2. The molecule has 3 nitrogen and oxygen atoms in total. The summed E-state index contributed by atoms with van der Waals surface area (Å²) in [5.74, 6) is -1.06. The normalized spacial score (nSPS) is 10.6. The number of rotatable bonds is 1. The van der Waals surface area contributed by atoms with Crippen LogP contribution in [0.25, 0.3) is 10.9 Å². The number of carbonyl (C=O) groups excluding carboxylic acids is 1. The van der Waals surface area contributed by atoms with E-state index in [0.717, 1.165) is 5.56 Å². The molecule has 5 heteroatoms.